The summed E-state index contributed by atoms with van der Waals surface area (Å²) in [5, 5.41) is 4.23. The van der Waals surface area contributed by atoms with E-state index in [1.54, 1.807) is 11.7 Å². The number of aryl methyl sites for hydroxylation is 2. The molecule has 1 aromatic carbocycles. The molecular weight excluding hydrogens is 188 g/mol. The Morgan fingerprint density at radius 2 is 2.07 bits per heavy atom. The van der Waals surface area contributed by atoms with E-state index in [4.69, 9.17) is 5.73 Å². The minimum atomic E-state index is 0.457. The fourth-order valence-electron chi connectivity index (χ4n) is 1.50. The molecular formula is C11H14N4. The quantitative estimate of drug-likeness (QED) is 0.798. The smallest absolute Gasteiger partial charge is 0.218 e. The van der Waals surface area contributed by atoms with Crippen LogP contribution < -0.4 is 5.73 Å². The van der Waals surface area contributed by atoms with Crippen molar-refractivity contribution < 1.29 is 0 Å². The zero-order chi connectivity index (χ0) is 10.8. The summed E-state index contributed by atoms with van der Waals surface area (Å²) >= 11 is 0. The maximum Gasteiger partial charge on any atom is 0.218 e. The van der Waals surface area contributed by atoms with Gasteiger partial charge in [0.1, 0.15) is 0 Å². The van der Waals surface area contributed by atoms with Gasteiger partial charge in [0.25, 0.3) is 0 Å². The molecule has 1 heterocycles. The molecule has 0 radical (unpaired) electrons. The van der Waals surface area contributed by atoms with Crippen LogP contribution in [0.5, 0.6) is 0 Å². The van der Waals surface area contributed by atoms with Gasteiger partial charge in [-0.25, -0.2) is 4.68 Å². The molecule has 0 saturated heterocycles. The van der Waals surface area contributed by atoms with Gasteiger partial charge >= 0.3 is 0 Å². The van der Waals surface area contributed by atoms with Gasteiger partial charge in [-0.05, 0) is 18.1 Å². The summed E-state index contributed by atoms with van der Waals surface area (Å²) in [4.78, 5) is 4.18. The second-order valence-electron chi connectivity index (χ2n) is 3.61. The van der Waals surface area contributed by atoms with Crippen LogP contribution in [0.3, 0.4) is 0 Å². The van der Waals surface area contributed by atoms with Crippen molar-refractivity contribution in [3.63, 3.8) is 0 Å². The van der Waals surface area contributed by atoms with Gasteiger partial charge in [0, 0.05) is 13.5 Å². The van der Waals surface area contributed by atoms with Gasteiger partial charge in [0.15, 0.2) is 5.82 Å². The summed E-state index contributed by atoms with van der Waals surface area (Å²) in [6.45, 7) is 2.08. The fraction of sp³-hybridized carbons (Fsp3) is 0.273. The maximum absolute atomic E-state index is 5.62. The van der Waals surface area contributed by atoms with Crippen LogP contribution in [0.4, 0.5) is 5.95 Å². The zero-order valence-corrected chi connectivity index (χ0v) is 8.94. The highest BCUT2D eigenvalue weighted by atomic mass is 15.4. The summed E-state index contributed by atoms with van der Waals surface area (Å²) in [5.41, 5.74) is 8.11. The molecule has 4 heteroatoms. The number of rotatable bonds is 2. The Hall–Kier alpha value is -1.84. The molecule has 0 aliphatic heterocycles. The monoisotopic (exact) mass is 202 g/mol. The van der Waals surface area contributed by atoms with Crippen molar-refractivity contribution in [2.45, 2.75) is 13.3 Å². The van der Waals surface area contributed by atoms with Crippen LogP contribution in [0.15, 0.2) is 24.3 Å². The minimum absolute atomic E-state index is 0.457. The Morgan fingerprint density at radius 3 is 2.67 bits per heavy atom. The minimum Gasteiger partial charge on any atom is -0.368 e. The Morgan fingerprint density at radius 1 is 1.33 bits per heavy atom. The lowest BCUT2D eigenvalue weighted by atomic mass is 10.1. The lowest BCUT2D eigenvalue weighted by molar-refractivity contribution is 0.758. The molecule has 0 saturated carbocycles. The number of benzene rings is 1. The van der Waals surface area contributed by atoms with E-state index >= 15 is 0 Å². The highest BCUT2D eigenvalue weighted by Gasteiger charge is 2.05. The van der Waals surface area contributed by atoms with Crippen molar-refractivity contribution in [3.05, 3.63) is 41.2 Å². The van der Waals surface area contributed by atoms with Crippen molar-refractivity contribution in [1.29, 1.82) is 0 Å². The summed E-state index contributed by atoms with van der Waals surface area (Å²) in [7, 11) is 1.80. The van der Waals surface area contributed by atoms with Gasteiger partial charge in [-0.2, -0.15) is 10.1 Å². The summed E-state index contributed by atoms with van der Waals surface area (Å²) in [6.07, 6.45) is 0.734. The summed E-state index contributed by atoms with van der Waals surface area (Å²) < 4.78 is 1.59. The summed E-state index contributed by atoms with van der Waals surface area (Å²) in [6, 6.07) is 8.22. The van der Waals surface area contributed by atoms with Gasteiger partial charge in [-0.1, -0.05) is 24.3 Å². The van der Waals surface area contributed by atoms with Gasteiger partial charge in [-0.3, -0.25) is 0 Å². The van der Waals surface area contributed by atoms with Crippen LogP contribution in [0.1, 0.15) is 17.0 Å². The van der Waals surface area contributed by atoms with E-state index < -0.39 is 0 Å². The van der Waals surface area contributed by atoms with Gasteiger partial charge in [-0.15, -0.1) is 0 Å². The lowest BCUT2D eigenvalue weighted by Gasteiger charge is -2.01. The summed E-state index contributed by atoms with van der Waals surface area (Å²) in [5.74, 6) is 1.22. The van der Waals surface area contributed by atoms with Crippen LogP contribution in [-0.4, -0.2) is 14.8 Å². The van der Waals surface area contributed by atoms with Crippen molar-refractivity contribution in [3.8, 4) is 0 Å². The highest BCUT2D eigenvalue weighted by molar-refractivity contribution is 5.29. The molecule has 0 aliphatic rings. The number of hydrogen-bond donors (Lipinski definition) is 1. The predicted molar refractivity (Wildman–Crippen MR) is 59.4 cm³/mol. The molecule has 0 unspecified atom stereocenters. The van der Waals surface area contributed by atoms with E-state index in [2.05, 4.69) is 29.1 Å². The lowest BCUT2D eigenvalue weighted by Crippen LogP contribution is -1.98. The van der Waals surface area contributed by atoms with E-state index in [1.165, 1.54) is 11.1 Å². The normalized spacial score (nSPS) is 10.5. The Kier molecular flexibility index (Phi) is 2.41. The Bertz CT molecular complexity index is 454. The van der Waals surface area contributed by atoms with Crippen molar-refractivity contribution in [1.82, 2.24) is 14.8 Å². The first-order valence-electron chi connectivity index (χ1n) is 4.86. The van der Waals surface area contributed by atoms with Gasteiger partial charge in [0.2, 0.25) is 5.95 Å². The molecule has 1 aromatic heterocycles. The molecule has 0 fully saturated rings. The third-order valence-corrected chi connectivity index (χ3v) is 2.45. The van der Waals surface area contributed by atoms with E-state index in [-0.39, 0.29) is 0 Å². The molecule has 78 valence electrons. The second kappa shape index (κ2) is 3.73. The van der Waals surface area contributed by atoms with E-state index in [1.807, 2.05) is 12.1 Å². The Balaban J connectivity index is 2.26. The van der Waals surface area contributed by atoms with E-state index in [0.717, 1.165) is 12.2 Å². The van der Waals surface area contributed by atoms with Gasteiger partial charge < -0.3 is 5.73 Å². The Labute approximate surface area is 88.8 Å². The standard InChI is InChI=1S/C11H14N4/c1-8-5-3-4-6-9(8)7-10-13-11(12)15(2)14-10/h3-6H,7H2,1-2H3,(H2,12,13,14). The average Bonchev–Trinajstić information content (AvgIpc) is 2.50. The van der Waals surface area contributed by atoms with Crippen LogP contribution in [0.2, 0.25) is 0 Å². The molecule has 0 bridgehead atoms. The maximum atomic E-state index is 5.62. The molecule has 0 spiro atoms. The first-order valence-corrected chi connectivity index (χ1v) is 4.86. The van der Waals surface area contributed by atoms with E-state index in [9.17, 15) is 0 Å². The molecule has 4 nitrogen and oxygen atoms in total. The molecule has 0 aliphatic carbocycles. The third-order valence-electron chi connectivity index (χ3n) is 2.45. The third kappa shape index (κ3) is 1.98. The first kappa shape index (κ1) is 9.71. The fourth-order valence-corrected chi connectivity index (χ4v) is 1.50. The predicted octanol–water partition coefficient (Wildman–Crippen LogP) is 1.30. The first-order chi connectivity index (χ1) is 7.16. The van der Waals surface area contributed by atoms with Crippen molar-refractivity contribution in [2.24, 2.45) is 7.05 Å². The number of anilines is 1. The molecule has 0 amide bonds. The number of aromatic nitrogens is 3. The average molecular weight is 202 g/mol. The highest BCUT2D eigenvalue weighted by Crippen LogP contribution is 2.11. The largest absolute Gasteiger partial charge is 0.368 e. The molecule has 2 aromatic rings. The van der Waals surface area contributed by atoms with Crippen LogP contribution >= 0.6 is 0 Å². The van der Waals surface area contributed by atoms with Crippen molar-refractivity contribution in [2.75, 3.05) is 5.73 Å². The number of nitrogen functional groups attached to an aromatic ring is 1. The van der Waals surface area contributed by atoms with Crippen LogP contribution in [0.25, 0.3) is 0 Å². The second-order valence-corrected chi connectivity index (χ2v) is 3.61. The topological polar surface area (TPSA) is 56.7 Å². The van der Waals surface area contributed by atoms with Crippen LogP contribution in [0, 0.1) is 6.92 Å². The SMILES string of the molecule is Cc1ccccc1Cc1nc(N)n(C)n1. The molecule has 2 rings (SSSR count). The molecule has 0 atom stereocenters. The number of nitrogens with zero attached hydrogens (tertiary/aromatic N) is 3. The van der Waals surface area contributed by atoms with Gasteiger partial charge in [0.05, 0.1) is 0 Å². The molecule has 15 heavy (non-hydrogen) atoms. The van der Waals surface area contributed by atoms with Crippen molar-refractivity contribution >= 4 is 5.95 Å². The number of hydrogen-bond acceptors (Lipinski definition) is 3. The molecule has 2 N–H and O–H groups in total. The van der Waals surface area contributed by atoms with Crippen LogP contribution in [-0.2, 0) is 13.5 Å². The number of nitrogens with two attached hydrogens (primary N) is 1. The van der Waals surface area contributed by atoms with E-state index in [0.29, 0.717) is 5.95 Å². The zero-order valence-electron chi connectivity index (χ0n) is 8.94.